The van der Waals surface area contributed by atoms with Crippen molar-refractivity contribution in [1.82, 2.24) is 4.90 Å². The van der Waals surface area contributed by atoms with Crippen LogP contribution >= 0.6 is 0 Å². The van der Waals surface area contributed by atoms with E-state index in [9.17, 15) is 18.0 Å². The number of ether oxygens (including phenoxy) is 1. The van der Waals surface area contributed by atoms with E-state index in [1.165, 1.54) is 7.11 Å². The Bertz CT molecular complexity index is 977. The highest BCUT2D eigenvalue weighted by molar-refractivity contribution is 7.92. The van der Waals surface area contributed by atoms with Crippen LogP contribution in [0.15, 0.2) is 53.4 Å². The van der Waals surface area contributed by atoms with Crippen molar-refractivity contribution in [1.29, 1.82) is 0 Å². The number of hydrogen-bond acceptors (Lipinski definition) is 5. The first-order chi connectivity index (χ1) is 13.8. The SMILES string of the molecule is COC(=O)C1CCN(C(=O)c2ccc(NS(=O)(=O)c3ccc(C)cc3)cc2)CC1. The molecule has 3 rings (SSSR count). The van der Waals surface area contributed by atoms with E-state index in [0.29, 0.717) is 37.2 Å². The molecular weight excluding hydrogens is 392 g/mol. The molecule has 0 atom stereocenters. The summed E-state index contributed by atoms with van der Waals surface area (Å²) in [6.45, 7) is 2.86. The van der Waals surface area contributed by atoms with Crippen molar-refractivity contribution >= 4 is 27.6 Å². The normalized spacial score (nSPS) is 15.0. The van der Waals surface area contributed by atoms with Crippen LogP contribution < -0.4 is 4.72 Å². The van der Waals surface area contributed by atoms with Gasteiger partial charge in [-0.15, -0.1) is 0 Å². The fourth-order valence-electron chi connectivity index (χ4n) is 3.28. The first-order valence-corrected chi connectivity index (χ1v) is 10.8. The largest absolute Gasteiger partial charge is 0.469 e. The molecule has 1 N–H and O–H groups in total. The van der Waals surface area contributed by atoms with Gasteiger partial charge in [0, 0.05) is 24.3 Å². The molecule has 1 fully saturated rings. The molecular formula is C21H24N2O5S. The Morgan fingerprint density at radius 3 is 2.14 bits per heavy atom. The fraction of sp³-hybridized carbons (Fsp3) is 0.333. The van der Waals surface area contributed by atoms with Crippen molar-refractivity contribution in [3.05, 3.63) is 59.7 Å². The lowest BCUT2D eigenvalue weighted by Gasteiger charge is -2.30. The molecule has 0 aliphatic carbocycles. The highest BCUT2D eigenvalue weighted by Gasteiger charge is 2.28. The third-order valence-electron chi connectivity index (χ3n) is 5.03. The number of rotatable bonds is 5. The molecule has 0 radical (unpaired) electrons. The van der Waals surface area contributed by atoms with Crippen LogP contribution in [-0.4, -0.2) is 45.4 Å². The summed E-state index contributed by atoms with van der Waals surface area (Å²) in [6, 6.07) is 12.9. The van der Waals surface area contributed by atoms with Crippen LogP contribution in [0.1, 0.15) is 28.8 Å². The summed E-state index contributed by atoms with van der Waals surface area (Å²) >= 11 is 0. The molecule has 7 nitrogen and oxygen atoms in total. The van der Waals surface area contributed by atoms with Gasteiger partial charge in [0.1, 0.15) is 0 Å². The van der Waals surface area contributed by atoms with E-state index >= 15 is 0 Å². The van der Waals surface area contributed by atoms with Gasteiger partial charge in [-0.05, 0) is 56.2 Å². The van der Waals surface area contributed by atoms with Crippen molar-refractivity contribution in [3.63, 3.8) is 0 Å². The maximum atomic E-state index is 12.7. The highest BCUT2D eigenvalue weighted by Crippen LogP contribution is 2.22. The number of sulfonamides is 1. The first-order valence-electron chi connectivity index (χ1n) is 9.37. The number of anilines is 1. The Balaban J connectivity index is 1.63. The van der Waals surface area contributed by atoms with Crippen LogP contribution in [0.2, 0.25) is 0 Å². The monoisotopic (exact) mass is 416 g/mol. The molecule has 1 saturated heterocycles. The predicted molar refractivity (Wildman–Crippen MR) is 109 cm³/mol. The number of esters is 1. The van der Waals surface area contributed by atoms with E-state index in [4.69, 9.17) is 4.74 Å². The zero-order valence-corrected chi connectivity index (χ0v) is 17.2. The second kappa shape index (κ2) is 8.65. The summed E-state index contributed by atoms with van der Waals surface area (Å²) < 4.78 is 32.2. The molecule has 8 heteroatoms. The topological polar surface area (TPSA) is 92.8 Å². The van der Waals surface area contributed by atoms with Crippen LogP contribution in [0.5, 0.6) is 0 Å². The average molecular weight is 416 g/mol. The summed E-state index contributed by atoms with van der Waals surface area (Å²) in [5.41, 5.74) is 1.83. The maximum Gasteiger partial charge on any atom is 0.308 e. The third-order valence-corrected chi connectivity index (χ3v) is 6.43. The molecule has 0 spiro atoms. The van der Waals surface area contributed by atoms with Gasteiger partial charge in [-0.1, -0.05) is 17.7 Å². The Labute approximate surface area is 170 Å². The molecule has 154 valence electrons. The van der Waals surface area contributed by atoms with Gasteiger partial charge in [0.25, 0.3) is 15.9 Å². The molecule has 1 aliphatic rings. The van der Waals surface area contributed by atoms with Gasteiger partial charge in [-0.25, -0.2) is 8.42 Å². The lowest BCUT2D eigenvalue weighted by molar-refractivity contribution is -0.146. The molecule has 29 heavy (non-hydrogen) atoms. The van der Waals surface area contributed by atoms with E-state index < -0.39 is 10.0 Å². The molecule has 0 aromatic heterocycles. The fourth-order valence-corrected chi connectivity index (χ4v) is 4.34. The zero-order valence-electron chi connectivity index (χ0n) is 16.4. The second-order valence-corrected chi connectivity index (χ2v) is 8.77. The Kier molecular flexibility index (Phi) is 6.22. The van der Waals surface area contributed by atoms with Crippen molar-refractivity contribution in [2.45, 2.75) is 24.7 Å². The number of aryl methyl sites for hydroxylation is 1. The smallest absolute Gasteiger partial charge is 0.308 e. The van der Waals surface area contributed by atoms with Gasteiger partial charge in [-0.2, -0.15) is 0 Å². The number of nitrogens with zero attached hydrogens (tertiary/aromatic N) is 1. The number of piperidine rings is 1. The van der Waals surface area contributed by atoms with Crippen LogP contribution in [0.25, 0.3) is 0 Å². The Hall–Kier alpha value is -2.87. The van der Waals surface area contributed by atoms with Gasteiger partial charge in [0.15, 0.2) is 0 Å². The highest BCUT2D eigenvalue weighted by atomic mass is 32.2. The molecule has 0 saturated carbocycles. The standard InChI is InChI=1S/C21H24N2O5S/c1-15-3-9-19(10-4-15)29(26,27)22-18-7-5-16(6-8-18)20(24)23-13-11-17(12-14-23)21(25)28-2/h3-10,17,22H,11-14H2,1-2H3. The van der Waals surface area contributed by atoms with Crippen molar-refractivity contribution < 1.29 is 22.7 Å². The van der Waals surface area contributed by atoms with Gasteiger partial charge in [-0.3, -0.25) is 14.3 Å². The van der Waals surface area contributed by atoms with Crippen molar-refractivity contribution in [3.8, 4) is 0 Å². The van der Waals surface area contributed by atoms with E-state index in [1.807, 2.05) is 6.92 Å². The van der Waals surface area contributed by atoms with Crippen LogP contribution in [0.4, 0.5) is 5.69 Å². The number of nitrogens with one attached hydrogen (secondary N) is 1. The molecule has 1 heterocycles. The quantitative estimate of drug-likeness (QED) is 0.757. The zero-order chi connectivity index (χ0) is 21.0. The maximum absolute atomic E-state index is 12.7. The minimum atomic E-state index is -3.69. The second-order valence-electron chi connectivity index (χ2n) is 7.09. The van der Waals surface area contributed by atoms with Crippen molar-refractivity contribution in [2.24, 2.45) is 5.92 Å². The molecule has 0 unspecified atom stereocenters. The summed E-state index contributed by atoms with van der Waals surface area (Å²) in [5, 5.41) is 0. The Morgan fingerprint density at radius 2 is 1.59 bits per heavy atom. The Morgan fingerprint density at radius 1 is 1.00 bits per heavy atom. The molecule has 2 aromatic rings. The number of carbonyl (C=O) groups excluding carboxylic acids is 2. The number of likely N-dealkylation sites (tertiary alicyclic amines) is 1. The number of methoxy groups -OCH3 is 1. The average Bonchev–Trinajstić information content (AvgIpc) is 2.73. The number of amides is 1. The van der Waals surface area contributed by atoms with Gasteiger partial charge in [0.2, 0.25) is 0 Å². The van der Waals surface area contributed by atoms with Gasteiger partial charge in [0.05, 0.1) is 17.9 Å². The molecule has 1 amide bonds. The molecule has 1 aliphatic heterocycles. The van der Waals surface area contributed by atoms with Gasteiger partial charge < -0.3 is 9.64 Å². The summed E-state index contributed by atoms with van der Waals surface area (Å²) in [7, 11) is -2.32. The molecule has 2 aromatic carbocycles. The first kappa shape index (κ1) is 20.9. The summed E-state index contributed by atoms with van der Waals surface area (Å²) in [6.07, 6.45) is 1.15. The van der Waals surface area contributed by atoms with Crippen LogP contribution in [-0.2, 0) is 19.6 Å². The lowest BCUT2D eigenvalue weighted by Crippen LogP contribution is -2.40. The predicted octanol–water partition coefficient (Wildman–Crippen LogP) is 2.82. The molecule has 0 bridgehead atoms. The van der Waals surface area contributed by atoms with Crippen LogP contribution in [0, 0.1) is 12.8 Å². The van der Waals surface area contributed by atoms with E-state index in [-0.39, 0.29) is 22.7 Å². The van der Waals surface area contributed by atoms with E-state index in [2.05, 4.69) is 4.72 Å². The summed E-state index contributed by atoms with van der Waals surface area (Å²) in [4.78, 5) is 26.1. The third kappa shape index (κ3) is 4.95. The van der Waals surface area contributed by atoms with Gasteiger partial charge >= 0.3 is 5.97 Å². The van der Waals surface area contributed by atoms with Crippen molar-refractivity contribution in [2.75, 3.05) is 24.9 Å². The summed E-state index contributed by atoms with van der Waals surface area (Å²) in [5.74, 6) is -0.536. The minimum absolute atomic E-state index is 0.138. The number of carbonyl (C=O) groups is 2. The van der Waals surface area contributed by atoms with E-state index in [1.54, 1.807) is 53.4 Å². The lowest BCUT2D eigenvalue weighted by atomic mass is 9.96. The van der Waals surface area contributed by atoms with Crippen LogP contribution in [0.3, 0.4) is 0 Å². The number of benzene rings is 2. The van der Waals surface area contributed by atoms with E-state index in [0.717, 1.165) is 5.56 Å². The number of hydrogen-bond donors (Lipinski definition) is 1. The minimum Gasteiger partial charge on any atom is -0.469 e.